The molecule has 0 spiro atoms. The van der Waals surface area contributed by atoms with Crippen LogP contribution in [0.2, 0.25) is 0 Å². The molecule has 1 aromatic heterocycles. The van der Waals surface area contributed by atoms with Crippen molar-refractivity contribution in [2.24, 2.45) is 0 Å². The second-order valence-electron chi connectivity index (χ2n) is 6.74. The van der Waals surface area contributed by atoms with E-state index in [1.54, 1.807) is 30.7 Å². The van der Waals surface area contributed by atoms with Crippen molar-refractivity contribution < 1.29 is 17.9 Å². The van der Waals surface area contributed by atoms with Crippen molar-refractivity contribution in [2.75, 3.05) is 17.9 Å². The highest BCUT2D eigenvalue weighted by atomic mass is 32.2. The highest BCUT2D eigenvalue weighted by Gasteiger charge is 2.14. The zero-order valence-electron chi connectivity index (χ0n) is 16.6. The van der Waals surface area contributed by atoms with Crippen LogP contribution in [0.1, 0.15) is 12.0 Å². The molecule has 0 saturated carbocycles. The second kappa shape index (κ2) is 9.93. The van der Waals surface area contributed by atoms with E-state index >= 15 is 0 Å². The monoisotopic (exact) mass is 428 g/mol. The maximum Gasteiger partial charge on any atom is 0.261 e. The minimum absolute atomic E-state index is 0.111. The summed E-state index contributed by atoms with van der Waals surface area (Å²) < 4.78 is 34.9. The average molecular weight is 429 g/mol. The van der Waals surface area contributed by atoms with Crippen molar-refractivity contribution in [1.29, 1.82) is 0 Å². The normalized spacial score (nSPS) is 11.1. The fraction of sp³-hybridized carbons (Fsp3) is 0.238. The van der Waals surface area contributed by atoms with Gasteiger partial charge in [0.15, 0.2) is 6.61 Å². The van der Waals surface area contributed by atoms with Crippen molar-refractivity contribution >= 4 is 21.6 Å². The highest BCUT2D eigenvalue weighted by molar-refractivity contribution is 7.92. The number of amides is 1. The van der Waals surface area contributed by atoms with Gasteiger partial charge in [-0.05, 0) is 55.3 Å². The van der Waals surface area contributed by atoms with Crippen LogP contribution < -0.4 is 14.8 Å². The van der Waals surface area contributed by atoms with Crippen LogP contribution in [-0.2, 0) is 21.4 Å². The van der Waals surface area contributed by atoms with Crippen LogP contribution in [0, 0.1) is 6.92 Å². The van der Waals surface area contributed by atoms with Gasteiger partial charge in [-0.1, -0.05) is 12.1 Å². The number of sulfonamides is 1. The quantitative estimate of drug-likeness (QED) is 0.483. The molecule has 3 aromatic rings. The number of carbonyl (C=O) groups is 1. The number of imidazole rings is 1. The Bertz CT molecular complexity index is 1060. The van der Waals surface area contributed by atoms with Gasteiger partial charge >= 0.3 is 0 Å². The van der Waals surface area contributed by atoms with Gasteiger partial charge in [-0.3, -0.25) is 9.52 Å². The lowest BCUT2D eigenvalue weighted by atomic mass is 10.2. The highest BCUT2D eigenvalue weighted by Crippen LogP contribution is 2.19. The van der Waals surface area contributed by atoms with Gasteiger partial charge in [0.25, 0.3) is 15.9 Å². The molecule has 8 nitrogen and oxygen atoms in total. The lowest BCUT2D eigenvalue weighted by Crippen LogP contribution is -2.30. The molecule has 2 N–H and O–H groups in total. The molecule has 2 aromatic carbocycles. The van der Waals surface area contributed by atoms with E-state index in [2.05, 4.69) is 15.0 Å². The molecule has 1 heterocycles. The number of hydrogen-bond acceptors (Lipinski definition) is 5. The number of aromatic nitrogens is 2. The summed E-state index contributed by atoms with van der Waals surface area (Å²) in [4.78, 5) is 15.9. The van der Waals surface area contributed by atoms with Gasteiger partial charge in [-0.25, -0.2) is 13.4 Å². The number of aryl methyl sites for hydroxylation is 2. The Balaban J connectivity index is 1.45. The van der Waals surface area contributed by atoms with Crippen molar-refractivity contribution in [3.8, 4) is 5.75 Å². The van der Waals surface area contributed by atoms with E-state index in [9.17, 15) is 13.2 Å². The molecule has 0 aliphatic carbocycles. The molecule has 0 aliphatic heterocycles. The Morgan fingerprint density at radius 1 is 1.17 bits per heavy atom. The standard InChI is InChI=1S/C21H24N4O4S/c1-17-4-2-5-18(14-17)24-30(27,28)20-8-6-19(7-9-20)29-15-21(26)23-10-3-12-25-13-11-22-16-25/h2,4-9,11,13-14,16,24H,3,10,12,15H2,1H3,(H,23,26). The third-order valence-corrected chi connectivity index (χ3v) is 5.65. The third-order valence-electron chi connectivity index (χ3n) is 4.25. The smallest absolute Gasteiger partial charge is 0.261 e. The van der Waals surface area contributed by atoms with E-state index in [-0.39, 0.29) is 17.4 Å². The number of nitrogens with one attached hydrogen (secondary N) is 2. The van der Waals surface area contributed by atoms with Gasteiger partial charge in [-0.15, -0.1) is 0 Å². The van der Waals surface area contributed by atoms with Crippen LogP contribution in [0.4, 0.5) is 5.69 Å². The zero-order valence-corrected chi connectivity index (χ0v) is 17.4. The zero-order chi connectivity index (χ0) is 21.4. The molecule has 30 heavy (non-hydrogen) atoms. The summed E-state index contributed by atoms with van der Waals surface area (Å²) >= 11 is 0. The number of hydrogen-bond donors (Lipinski definition) is 2. The molecule has 0 saturated heterocycles. The maximum atomic E-state index is 12.5. The van der Waals surface area contributed by atoms with Gasteiger partial charge < -0.3 is 14.6 Å². The number of rotatable bonds is 10. The predicted octanol–water partition coefficient (Wildman–Crippen LogP) is 2.58. The summed E-state index contributed by atoms with van der Waals surface area (Å²) in [6.45, 7) is 3.05. The number of anilines is 1. The molecule has 0 atom stereocenters. The molecule has 1 amide bonds. The van der Waals surface area contributed by atoms with Crippen LogP contribution in [0.25, 0.3) is 0 Å². The number of benzene rings is 2. The topological polar surface area (TPSA) is 102 Å². The van der Waals surface area contributed by atoms with Crippen molar-refractivity contribution in [3.05, 3.63) is 72.8 Å². The van der Waals surface area contributed by atoms with Gasteiger partial charge in [0.1, 0.15) is 5.75 Å². The SMILES string of the molecule is Cc1cccc(NS(=O)(=O)c2ccc(OCC(=O)NCCCn3ccnc3)cc2)c1. The first-order valence-corrected chi connectivity index (χ1v) is 11.0. The lowest BCUT2D eigenvalue weighted by molar-refractivity contribution is -0.123. The van der Waals surface area contributed by atoms with E-state index in [1.165, 1.54) is 24.3 Å². The average Bonchev–Trinajstić information content (AvgIpc) is 3.23. The summed E-state index contributed by atoms with van der Waals surface area (Å²) in [6, 6.07) is 13.0. The summed E-state index contributed by atoms with van der Waals surface area (Å²) in [5.74, 6) is 0.177. The first-order chi connectivity index (χ1) is 14.4. The molecule has 158 valence electrons. The van der Waals surface area contributed by atoms with Crippen LogP contribution >= 0.6 is 0 Å². The molecule has 0 bridgehead atoms. The first kappa shape index (κ1) is 21.4. The summed E-state index contributed by atoms with van der Waals surface area (Å²) in [7, 11) is -3.70. The maximum absolute atomic E-state index is 12.5. The van der Waals surface area contributed by atoms with Gasteiger partial charge in [0.2, 0.25) is 0 Å². The van der Waals surface area contributed by atoms with E-state index in [1.807, 2.05) is 23.8 Å². The molecule has 0 fully saturated rings. The second-order valence-corrected chi connectivity index (χ2v) is 8.42. The minimum Gasteiger partial charge on any atom is -0.484 e. The van der Waals surface area contributed by atoms with Crippen LogP contribution in [-0.4, -0.2) is 37.0 Å². The van der Waals surface area contributed by atoms with Gasteiger partial charge in [0, 0.05) is 31.2 Å². The molecule has 0 radical (unpaired) electrons. The van der Waals surface area contributed by atoms with Gasteiger partial charge in [-0.2, -0.15) is 0 Å². The van der Waals surface area contributed by atoms with Crippen molar-refractivity contribution in [2.45, 2.75) is 24.8 Å². The van der Waals surface area contributed by atoms with Crippen molar-refractivity contribution in [3.63, 3.8) is 0 Å². The molecule has 3 rings (SSSR count). The number of ether oxygens (including phenoxy) is 1. The van der Waals surface area contributed by atoms with Crippen LogP contribution in [0.5, 0.6) is 5.75 Å². The number of carbonyl (C=O) groups excluding carboxylic acids is 1. The van der Waals surface area contributed by atoms with Crippen LogP contribution in [0.15, 0.2) is 72.1 Å². The minimum atomic E-state index is -3.70. The Morgan fingerprint density at radius 3 is 2.67 bits per heavy atom. The Hall–Kier alpha value is -3.33. The fourth-order valence-electron chi connectivity index (χ4n) is 2.75. The Kier molecular flexibility index (Phi) is 7.08. The molecule has 0 unspecified atom stereocenters. The van der Waals surface area contributed by atoms with E-state index in [0.29, 0.717) is 18.0 Å². The molecule has 0 aliphatic rings. The third kappa shape index (κ3) is 6.35. The van der Waals surface area contributed by atoms with E-state index in [4.69, 9.17) is 4.74 Å². The number of nitrogens with zero attached hydrogens (tertiary/aromatic N) is 2. The first-order valence-electron chi connectivity index (χ1n) is 9.47. The Morgan fingerprint density at radius 2 is 1.97 bits per heavy atom. The van der Waals surface area contributed by atoms with Crippen LogP contribution in [0.3, 0.4) is 0 Å². The Labute approximate surface area is 176 Å². The fourth-order valence-corrected chi connectivity index (χ4v) is 3.80. The summed E-state index contributed by atoms with van der Waals surface area (Å²) in [5, 5.41) is 2.78. The predicted molar refractivity (Wildman–Crippen MR) is 114 cm³/mol. The van der Waals surface area contributed by atoms with Gasteiger partial charge in [0.05, 0.1) is 11.2 Å². The van der Waals surface area contributed by atoms with Crippen molar-refractivity contribution in [1.82, 2.24) is 14.9 Å². The largest absolute Gasteiger partial charge is 0.484 e. The van der Waals surface area contributed by atoms with E-state index in [0.717, 1.165) is 18.5 Å². The molecular weight excluding hydrogens is 404 g/mol. The molecule has 9 heteroatoms. The van der Waals surface area contributed by atoms with E-state index < -0.39 is 10.0 Å². The molecular formula is C21H24N4O4S. The summed E-state index contributed by atoms with van der Waals surface area (Å²) in [5.41, 5.74) is 1.46. The summed E-state index contributed by atoms with van der Waals surface area (Å²) in [6.07, 6.45) is 6.08. The lowest BCUT2D eigenvalue weighted by Gasteiger charge is -2.10.